The number of aryl methyl sites for hydroxylation is 2. The number of halogens is 1. The van der Waals surface area contributed by atoms with Crippen molar-refractivity contribution in [2.75, 3.05) is 26.2 Å². The third-order valence-electron chi connectivity index (χ3n) is 6.54. The third-order valence-corrected chi connectivity index (χ3v) is 7.01. The van der Waals surface area contributed by atoms with Crippen LogP contribution in [0.5, 0.6) is 0 Å². The third kappa shape index (κ3) is 3.90. The Morgan fingerprint density at radius 2 is 1.77 bits per heavy atom. The second-order valence-electron chi connectivity index (χ2n) is 8.39. The van der Waals surface area contributed by atoms with Gasteiger partial charge in [0.25, 0.3) is 0 Å². The van der Waals surface area contributed by atoms with Crippen LogP contribution in [0.1, 0.15) is 37.0 Å². The molecular weight excluding hydrogens is 410 g/mol. The Hall–Kier alpha value is -2.55. The smallest absolute Gasteiger partial charge is 0.407 e. The molecule has 2 fully saturated rings. The number of carbonyl (C=O) groups is 2. The first-order chi connectivity index (χ1) is 14.3. The highest BCUT2D eigenvalue weighted by Gasteiger charge is 2.39. The van der Waals surface area contributed by atoms with Gasteiger partial charge in [-0.15, -0.1) is 0 Å². The zero-order valence-corrected chi connectivity index (χ0v) is 18.0. The number of carboxylic acid groups (broad SMARTS) is 1. The Bertz CT molecular complexity index is 951. The Kier molecular flexibility index (Phi) is 5.48. The summed E-state index contributed by atoms with van der Waals surface area (Å²) in [5.74, 6) is 0.684. The largest absolute Gasteiger partial charge is 0.465 e. The van der Waals surface area contributed by atoms with Gasteiger partial charge in [-0.1, -0.05) is 16.8 Å². The Morgan fingerprint density at radius 1 is 1.17 bits per heavy atom. The Labute approximate surface area is 179 Å². The van der Waals surface area contributed by atoms with Crippen molar-refractivity contribution in [1.82, 2.24) is 24.7 Å². The zero-order chi connectivity index (χ0) is 21.5. The normalized spacial score (nSPS) is 18.8. The highest BCUT2D eigenvalue weighted by Crippen LogP contribution is 2.41. The topological polar surface area (TPSA) is 105 Å². The van der Waals surface area contributed by atoms with Crippen molar-refractivity contribution in [1.29, 1.82) is 0 Å². The van der Waals surface area contributed by atoms with Crippen LogP contribution in [0.4, 0.5) is 4.79 Å². The summed E-state index contributed by atoms with van der Waals surface area (Å²) in [7, 11) is 1.74. The van der Waals surface area contributed by atoms with Crippen molar-refractivity contribution < 1.29 is 19.2 Å². The maximum Gasteiger partial charge on any atom is 0.407 e. The van der Waals surface area contributed by atoms with Gasteiger partial charge in [-0.3, -0.25) is 9.48 Å². The highest BCUT2D eigenvalue weighted by molar-refractivity contribution is 6.31. The number of carbonyl (C=O) groups excluding carboxylic acids is 1. The summed E-state index contributed by atoms with van der Waals surface area (Å²) in [5.41, 5.74) is 1.95. The lowest BCUT2D eigenvalue weighted by Crippen LogP contribution is -2.49. The minimum atomic E-state index is -0.844. The van der Waals surface area contributed by atoms with E-state index in [4.69, 9.17) is 21.2 Å². The maximum absolute atomic E-state index is 13.0. The van der Waals surface area contributed by atoms with Crippen LogP contribution >= 0.6 is 11.6 Å². The predicted octanol–water partition coefficient (Wildman–Crippen LogP) is 2.96. The first kappa shape index (κ1) is 20.7. The van der Waals surface area contributed by atoms with E-state index >= 15 is 0 Å². The van der Waals surface area contributed by atoms with Crippen molar-refractivity contribution in [2.24, 2.45) is 12.5 Å². The summed E-state index contributed by atoms with van der Waals surface area (Å²) in [6.07, 6.45) is 2.86. The van der Waals surface area contributed by atoms with E-state index in [-0.39, 0.29) is 17.7 Å². The molecule has 4 rings (SSSR count). The molecule has 1 N–H and O–H groups in total. The summed E-state index contributed by atoms with van der Waals surface area (Å²) in [6, 6.07) is 1.78. The summed E-state index contributed by atoms with van der Waals surface area (Å²) in [4.78, 5) is 27.5. The molecule has 1 spiro atoms. The average Bonchev–Trinajstić information content (AvgIpc) is 3.27. The molecule has 0 aliphatic carbocycles. The molecular formula is C20H26ClN5O4. The number of aromatic nitrogens is 3. The zero-order valence-electron chi connectivity index (χ0n) is 17.2. The van der Waals surface area contributed by atoms with E-state index < -0.39 is 6.09 Å². The quantitative estimate of drug-likeness (QED) is 0.794. The summed E-state index contributed by atoms with van der Waals surface area (Å²) < 4.78 is 6.70. The molecule has 10 heteroatoms. The van der Waals surface area contributed by atoms with Crippen molar-refractivity contribution in [2.45, 2.75) is 39.0 Å². The molecule has 30 heavy (non-hydrogen) atoms. The van der Waals surface area contributed by atoms with Crippen molar-refractivity contribution >= 4 is 23.6 Å². The average molecular weight is 436 g/mol. The lowest BCUT2D eigenvalue weighted by atomic mass is 9.71. The molecule has 0 radical (unpaired) electrons. The molecule has 2 amide bonds. The number of hydrogen-bond acceptors (Lipinski definition) is 5. The number of amides is 2. The van der Waals surface area contributed by atoms with Gasteiger partial charge in [0, 0.05) is 44.9 Å². The maximum atomic E-state index is 13.0. The van der Waals surface area contributed by atoms with E-state index in [2.05, 4.69) is 10.3 Å². The van der Waals surface area contributed by atoms with E-state index in [1.807, 2.05) is 4.90 Å². The molecule has 0 saturated carbocycles. The number of rotatable bonds is 3. The van der Waals surface area contributed by atoms with Crippen molar-refractivity contribution in [3.05, 3.63) is 22.5 Å². The molecule has 2 aliphatic heterocycles. The standard InChI is InChI=1S/C20H26ClN5O4/c1-13-11-15(23-30-13)17-14(18(21)24(2)22-17)12-16(27)25-7-3-20(4-8-25)5-9-26(10-6-20)19(28)29/h11H,3-10,12H2,1-2H3,(H,28,29). The Balaban J connectivity index is 1.41. The summed E-state index contributed by atoms with van der Waals surface area (Å²) in [5, 5.41) is 18.0. The van der Waals surface area contributed by atoms with Crippen LogP contribution in [0.2, 0.25) is 5.15 Å². The van der Waals surface area contributed by atoms with Crippen LogP contribution in [0, 0.1) is 12.3 Å². The molecule has 0 bridgehead atoms. The molecule has 9 nitrogen and oxygen atoms in total. The van der Waals surface area contributed by atoms with E-state index in [1.54, 1.807) is 24.7 Å². The molecule has 162 valence electrons. The first-order valence-electron chi connectivity index (χ1n) is 10.2. The van der Waals surface area contributed by atoms with Gasteiger partial charge in [-0.2, -0.15) is 5.10 Å². The molecule has 0 unspecified atom stereocenters. The lowest BCUT2D eigenvalue weighted by Gasteiger charge is -2.46. The van der Waals surface area contributed by atoms with Gasteiger partial charge in [-0.05, 0) is 38.0 Å². The van der Waals surface area contributed by atoms with Gasteiger partial charge in [0.05, 0.1) is 6.42 Å². The van der Waals surface area contributed by atoms with Crippen LogP contribution in [0.15, 0.2) is 10.6 Å². The molecule has 0 aromatic carbocycles. The van der Waals surface area contributed by atoms with Crippen molar-refractivity contribution in [3.63, 3.8) is 0 Å². The van der Waals surface area contributed by atoms with Gasteiger partial charge < -0.3 is 19.4 Å². The molecule has 4 heterocycles. The van der Waals surface area contributed by atoms with Crippen molar-refractivity contribution in [3.8, 4) is 11.4 Å². The summed E-state index contributed by atoms with van der Waals surface area (Å²) in [6.45, 7) is 4.32. The fourth-order valence-electron chi connectivity index (χ4n) is 4.55. The fraction of sp³-hybridized carbons (Fsp3) is 0.600. The van der Waals surface area contributed by atoms with Gasteiger partial charge in [0.2, 0.25) is 5.91 Å². The molecule has 0 atom stereocenters. The van der Waals surface area contributed by atoms with E-state index in [0.717, 1.165) is 25.7 Å². The number of nitrogens with zero attached hydrogens (tertiary/aromatic N) is 5. The van der Waals surface area contributed by atoms with Gasteiger partial charge in [0.1, 0.15) is 22.3 Å². The SMILES string of the molecule is Cc1cc(-c2nn(C)c(Cl)c2CC(=O)N2CCC3(CCN(C(=O)O)CC3)CC2)no1. The predicted molar refractivity (Wildman–Crippen MR) is 109 cm³/mol. The minimum Gasteiger partial charge on any atom is -0.465 e. The first-order valence-corrected chi connectivity index (χ1v) is 10.6. The Morgan fingerprint density at radius 3 is 2.30 bits per heavy atom. The van der Waals surface area contributed by atoms with Crippen LogP contribution < -0.4 is 0 Å². The van der Waals surface area contributed by atoms with E-state index in [9.17, 15) is 9.59 Å². The molecule has 2 aromatic heterocycles. The van der Waals surface area contributed by atoms with E-state index in [0.29, 0.717) is 54.0 Å². The van der Waals surface area contributed by atoms with Gasteiger partial charge in [0.15, 0.2) is 0 Å². The number of likely N-dealkylation sites (tertiary alicyclic amines) is 2. The van der Waals surface area contributed by atoms with Gasteiger partial charge in [-0.25, -0.2) is 4.79 Å². The summed E-state index contributed by atoms with van der Waals surface area (Å²) >= 11 is 6.43. The highest BCUT2D eigenvalue weighted by atomic mass is 35.5. The second kappa shape index (κ2) is 7.94. The minimum absolute atomic E-state index is 0.0178. The van der Waals surface area contributed by atoms with Crippen LogP contribution in [0.3, 0.4) is 0 Å². The molecule has 2 aromatic rings. The monoisotopic (exact) mass is 435 g/mol. The number of hydrogen-bond donors (Lipinski definition) is 1. The number of piperidine rings is 2. The van der Waals surface area contributed by atoms with Gasteiger partial charge >= 0.3 is 6.09 Å². The molecule has 2 saturated heterocycles. The van der Waals surface area contributed by atoms with Crippen LogP contribution in [0.25, 0.3) is 11.4 Å². The van der Waals surface area contributed by atoms with Crippen LogP contribution in [-0.2, 0) is 18.3 Å². The molecule has 2 aliphatic rings. The van der Waals surface area contributed by atoms with Crippen LogP contribution in [-0.4, -0.2) is 68.0 Å². The second-order valence-corrected chi connectivity index (χ2v) is 8.75. The van der Waals surface area contributed by atoms with E-state index in [1.165, 1.54) is 4.90 Å². The fourth-order valence-corrected chi connectivity index (χ4v) is 4.75. The lowest BCUT2D eigenvalue weighted by molar-refractivity contribution is -0.133.